The molecular formula is C15H22N4O. The highest BCUT2D eigenvalue weighted by Crippen LogP contribution is 2.31. The minimum absolute atomic E-state index is 0.00773. The summed E-state index contributed by atoms with van der Waals surface area (Å²) in [6.07, 6.45) is 7.96. The lowest BCUT2D eigenvalue weighted by Gasteiger charge is -2.24. The van der Waals surface area contributed by atoms with E-state index >= 15 is 0 Å². The van der Waals surface area contributed by atoms with Gasteiger partial charge in [-0.2, -0.15) is 0 Å². The second-order valence-electron chi connectivity index (χ2n) is 6.10. The molecule has 1 unspecified atom stereocenters. The zero-order valence-electron chi connectivity index (χ0n) is 12.5. The number of aromatic nitrogens is 4. The fourth-order valence-electron chi connectivity index (χ4n) is 2.67. The second-order valence-corrected chi connectivity index (χ2v) is 6.10. The van der Waals surface area contributed by atoms with Crippen molar-refractivity contribution in [2.24, 2.45) is 0 Å². The first kappa shape index (κ1) is 13.5. The summed E-state index contributed by atoms with van der Waals surface area (Å²) in [6.45, 7) is 7.40. The Bertz CT molecular complexity index is 599. The molecule has 2 aromatic rings. The fraction of sp³-hybridized carbons (Fsp3) is 0.667. The van der Waals surface area contributed by atoms with Crippen molar-refractivity contribution in [1.82, 2.24) is 19.5 Å². The van der Waals surface area contributed by atoms with Gasteiger partial charge in [0.05, 0.1) is 12.0 Å². The highest BCUT2D eigenvalue weighted by Gasteiger charge is 2.26. The van der Waals surface area contributed by atoms with Crippen LogP contribution in [-0.2, 0) is 10.2 Å². The van der Waals surface area contributed by atoms with Crippen LogP contribution >= 0.6 is 0 Å². The van der Waals surface area contributed by atoms with Crippen LogP contribution in [0.2, 0.25) is 0 Å². The van der Waals surface area contributed by atoms with Crippen molar-refractivity contribution in [2.45, 2.75) is 58.1 Å². The van der Waals surface area contributed by atoms with Crippen LogP contribution in [0.4, 0.5) is 0 Å². The molecule has 0 amide bonds. The molecule has 1 aliphatic rings. The third-order valence-electron chi connectivity index (χ3n) is 4.35. The van der Waals surface area contributed by atoms with E-state index in [1.54, 1.807) is 6.33 Å². The van der Waals surface area contributed by atoms with Crippen LogP contribution in [-0.4, -0.2) is 26.1 Å². The largest absolute Gasteiger partial charge is 0.358 e. The third kappa shape index (κ3) is 2.20. The highest BCUT2D eigenvalue weighted by molar-refractivity contribution is 5.74. The molecule has 3 rings (SSSR count). The van der Waals surface area contributed by atoms with Crippen molar-refractivity contribution >= 4 is 11.2 Å². The van der Waals surface area contributed by atoms with Gasteiger partial charge >= 0.3 is 0 Å². The molecule has 108 valence electrons. The summed E-state index contributed by atoms with van der Waals surface area (Å²) >= 11 is 0. The standard InChI is InChI=1S/C15H22N4O/c1-4-15(2,3)13-12-14(17-9-16-13)19(10-18-12)11-7-5-6-8-20-11/h9-11H,4-8H2,1-3H3. The van der Waals surface area contributed by atoms with E-state index in [-0.39, 0.29) is 11.6 Å². The predicted molar refractivity (Wildman–Crippen MR) is 77.5 cm³/mol. The Morgan fingerprint density at radius 3 is 2.85 bits per heavy atom. The molecule has 1 fully saturated rings. The van der Waals surface area contributed by atoms with Gasteiger partial charge in [-0.1, -0.05) is 20.8 Å². The number of rotatable bonds is 3. The molecule has 0 aliphatic carbocycles. The van der Waals surface area contributed by atoms with E-state index < -0.39 is 0 Å². The van der Waals surface area contributed by atoms with Gasteiger partial charge in [0.25, 0.3) is 0 Å². The first-order valence-corrected chi connectivity index (χ1v) is 7.43. The van der Waals surface area contributed by atoms with Gasteiger partial charge in [-0.15, -0.1) is 0 Å². The van der Waals surface area contributed by atoms with Gasteiger partial charge in [0.15, 0.2) is 5.65 Å². The molecule has 0 aromatic carbocycles. The van der Waals surface area contributed by atoms with Gasteiger partial charge in [-0.3, -0.25) is 4.57 Å². The topological polar surface area (TPSA) is 52.8 Å². The second kappa shape index (κ2) is 5.13. The van der Waals surface area contributed by atoms with Gasteiger partial charge in [-0.05, 0) is 25.7 Å². The SMILES string of the molecule is CCC(C)(C)c1ncnc2c1ncn2C1CCCCO1. The number of ether oxygens (including phenoxy) is 1. The highest BCUT2D eigenvalue weighted by atomic mass is 16.5. The summed E-state index contributed by atoms with van der Waals surface area (Å²) < 4.78 is 7.91. The molecule has 1 aliphatic heterocycles. The van der Waals surface area contributed by atoms with Gasteiger partial charge in [-0.25, -0.2) is 15.0 Å². The summed E-state index contributed by atoms with van der Waals surface area (Å²) in [6, 6.07) is 0. The molecule has 0 bridgehead atoms. The first-order valence-electron chi connectivity index (χ1n) is 7.43. The summed E-state index contributed by atoms with van der Waals surface area (Å²) in [7, 11) is 0. The summed E-state index contributed by atoms with van der Waals surface area (Å²) in [5, 5.41) is 0. The minimum Gasteiger partial charge on any atom is -0.358 e. The van der Waals surface area contributed by atoms with E-state index in [1.807, 2.05) is 6.33 Å². The Labute approximate surface area is 119 Å². The maximum absolute atomic E-state index is 5.84. The average molecular weight is 274 g/mol. The van der Waals surface area contributed by atoms with Crippen molar-refractivity contribution < 1.29 is 4.74 Å². The molecular weight excluding hydrogens is 252 g/mol. The van der Waals surface area contributed by atoms with Gasteiger partial charge < -0.3 is 4.74 Å². The van der Waals surface area contributed by atoms with Crippen LogP contribution < -0.4 is 0 Å². The van der Waals surface area contributed by atoms with Crippen LogP contribution in [0.3, 0.4) is 0 Å². The van der Waals surface area contributed by atoms with E-state index in [1.165, 1.54) is 6.42 Å². The van der Waals surface area contributed by atoms with Crippen LogP contribution in [0.15, 0.2) is 12.7 Å². The first-order chi connectivity index (χ1) is 9.63. The number of fused-ring (bicyclic) bond motifs is 1. The number of nitrogens with zero attached hydrogens (tertiary/aromatic N) is 4. The molecule has 0 N–H and O–H groups in total. The van der Waals surface area contributed by atoms with Gasteiger partial charge in [0, 0.05) is 12.0 Å². The molecule has 0 spiro atoms. The lowest BCUT2D eigenvalue weighted by molar-refractivity contribution is -0.0298. The Kier molecular flexibility index (Phi) is 3.46. The van der Waals surface area contributed by atoms with Crippen molar-refractivity contribution in [3.05, 3.63) is 18.3 Å². The van der Waals surface area contributed by atoms with Crippen LogP contribution in [0.25, 0.3) is 11.2 Å². The monoisotopic (exact) mass is 274 g/mol. The summed E-state index contributed by atoms with van der Waals surface area (Å²) in [4.78, 5) is 13.5. The van der Waals surface area contributed by atoms with Crippen LogP contribution in [0.5, 0.6) is 0 Å². The summed E-state index contributed by atoms with van der Waals surface area (Å²) in [5.74, 6) is 0. The number of hydrogen-bond acceptors (Lipinski definition) is 4. The maximum Gasteiger partial charge on any atom is 0.165 e. The Balaban J connectivity index is 2.07. The predicted octanol–water partition coefficient (Wildman–Crippen LogP) is 3.21. The average Bonchev–Trinajstić information content (AvgIpc) is 2.91. The normalized spacial score (nSPS) is 20.4. The quantitative estimate of drug-likeness (QED) is 0.862. The molecule has 1 saturated heterocycles. The zero-order chi connectivity index (χ0) is 14.2. The molecule has 20 heavy (non-hydrogen) atoms. The maximum atomic E-state index is 5.84. The van der Waals surface area contributed by atoms with Crippen molar-refractivity contribution in [3.8, 4) is 0 Å². The number of hydrogen-bond donors (Lipinski definition) is 0. The molecule has 5 heteroatoms. The van der Waals surface area contributed by atoms with E-state index in [4.69, 9.17) is 4.74 Å². The van der Waals surface area contributed by atoms with Gasteiger partial charge in [0.1, 0.15) is 18.1 Å². The smallest absolute Gasteiger partial charge is 0.165 e. The van der Waals surface area contributed by atoms with Crippen molar-refractivity contribution in [1.29, 1.82) is 0 Å². The molecule has 2 aromatic heterocycles. The summed E-state index contributed by atoms with van der Waals surface area (Å²) in [5.41, 5.74) is 2.84. The van der Waals surface area contributed by atoms with Crippen LogP contribution in [0, 0.1) is 0 Å². The Hall–Kier alpha value is -1.49. The fourth-order valence-corrected chi connectivity index (χ4v) is 2.67. The Morgan fingerprint density at radius 2 is 2.15 bits per heavy atom. The van der Waals surface area contributed by atoms with E-state index in [9.17, 15) is 0 Å². The number of imidazole rings is 1. The third-order valence-corrected chi connectivity index (χ3v) is 4.35. The van der Waals surface area contributed by atoms with E-state index in [0.717, 1.165) is 42.7 Å². The van der Waals surface area contributed by atoms with E-state index in [0.29, 0.717) is 0 Å². The zero-order valence-corrected chi connectivity index (χ0v) is 12.5. The van der Waals surface area contributed by atoms with E-state index in [2.05, 4.69) is 40.3 Å². The molecule has 1 atom stereocenters. The lowest BCUT2D eigenvalue weighted by Crippen LogP contribution is -2.20. The molecule has 0 saturated carbocycles. The molecule has 5 nitrogen and oxygen atoms in total. The van der Waals surface area contributed by atoms with Crippen molar-refractivity contribution in [2.75, 3.05) is 6.61 Å². The van der Waals surface area contributed by atoms with Crippen molar-refractivity contribution in [3.63, 3.8) is 0 Å². The minimum atomic E-state index is 0.00773. The van der Waals surface area contributed by atoms with Crippen LogP contribution in [0.1, 0.15) is 58.4 Å². The molecule has 0 radical (unpaired) electrons. The Morgan fingerprint density at radius 1 is 1.30 bits per heavy atom. The lowest BCUT2D eigenvalue weighted by atomic mass is 9.86. The van der Waals surface area contributed by atoms with Gasteiger partial charge in [0.2, 0.25) is 0 Å². The molecule has 3 heterocycles.